The number of hydrogen-bond acceptors (Lipinski definition) is 5. The van der Waals surface area contributed by atoms with Gasteiger partial charge in [-0.15, -0.1) is 5.10 Å². The van der Waals surface area contributed by atoms with Crippen LogP contribution in [0.1, 0.15) is 28.8 Å². The first-order valence-corrected chi connectivity index (χ1v) is 8.42. The van der Waals surface area contributed by atoms with Gasteiger partial charge >= 0.3 is 0 Å². The number of hydrogen-bond donors (Lipinski definition) is 0. The van der Waals surface area contributed by atoms with Gasteiger partial charge in [0.2, 0.25) is 0 Å². The standard InChI is InChI=1S/C19H18N4O3/c1-2-23-18-8-7-14(11-17(18)20-21-23)19(24)22(12-15-5-3-9-25-15)13-16-6-4-10-26-16/h3-11H,2,12-13H2,1H3. The van der Waals surface area contributed by atoms with E-state index in [2.05, 4.69) is 10.3 Å². The van der Waals surface area contributed by atoms with Crippen LogP contribution in [-0.2, 0) is 19.6 Å². The van der Waals surface area contributed by atoms with Gasteiger partial charge in [-0.2, -0.15) is 0 Å². The van der Waals surface area contributed by atoms with Crippen LogP contribution in [0.4, 0.5) is 0 Å². The number of furan rings is 2. The van der Waals surface area contributed by atoms with Gasteiger partial charge in [0.1, 0.15) is 17.0 Å². The Hall–Kier alpha value is -3.35. The predicted octanol–water partition coefficient (Wildman–Crippen LogP) is 3.48. The van der Waals surface area contributed by atoms with Crippen LogP contribution in [0, 0.1) is 0 Å². The van der Waals surface area contributed by atoms with Crippen molar-refractivity contribution in [2.24, 2.45) is 0 Å². The number of carbonyl (C=O) groups excluding carboxylic acids is 1. The van der Waals surface area contributed by atoms with Gasteiger partial charge in [0.15, 0.2) is 0 Å². The van der Waals surface area contributed by atoms with Gasteiger partial charge in [0.05, 0.1) is 31.1 Å². The zero-order valence-corrected chi connectivity index (χ0v) is 14.3. The molecule has 1 aromatic carbocycles. The van der Waals surface area contributed by atoms with Gasteiger partial charge in [-0.05, 0) is 49.4 Å². The molecule has 0 radical (unpaired) electrons. The summed E-state index contributed by atoms with van der Waals surface area (Å²) < 4.78 is 12.6. The summed E-state index contributed by atoms with van der Waals surface area (Å²) in [7, 11) is 0. The smallest absolute Gasteiger partial charge is 0.254 e. The lowest BCUT2D eigenvalue weighted by atomic mass is 10.1. The molecule has 26 heavy (non-hydrogen) atoms. The van der Waals surface area contributed by atoms with Crippen LogP contribution in [0.25, 0.3) is 11.0 Å². The molecule has 7 heteroatoms. The van der Waals surface area contributed by atoms with Crippen molar-refractivity contribution >= 4 is 16.9 Å². The lowest BCUT2D eigenvalue weighted by molar-refractivity contribution is 0.0705. The van der Waals surface area contributed by atoms with Crippen molar-refractivity contribution in [2.45, 2.75) is 26.6 Å². The quantitative estimate of drug-likeness (QED) is 0.532. The summed E-state index contributed by atoms with van der Waals surface area (Å²) in [5.41, 5.74) is 2.17. The van der Waals surface area contributed by atoms with Crippen LogP contribution in [0.5, 0.6) is 0 Å². The van der Waals surface area contributed by atoms with E-state index in [1.54, 1.807) is 46.4 Å². The average molecular weight is 350 g/mol. The Kier molecular flexibility index (Phi) is 4.27. The van der Waals surface area contributed by atoms with Gasteiger partial charge in [-0.1, -0.05) is 5.21 Å². The lowest BCUT2D eigenvalue weighted by Gasteiger charge is -2.20. The number of fused-ring (bicyclic) bond motifs is 1. The van der Waals surface area contributed by atoms with Crippen LogP contribution < -0.4 is 0 Å². The second-order valence-corrected chi connectivity index (χ2v) is 5.93. The van der Waals surface area contributed by atoms with E-state index in [-0.39, 0.29) is 5.91 Å². The summed E-state index contributed by atoms with van der Waals surface area (Å²) in [4.78, 5) is 14.8. The molecule has 0 aliphatic carbocycles. The van der Waals surface area contributed by atoms with Crippen LogP contribution >= 0.6 is 0 Å². The van der Waals surface area contributed by atoms with Crippen molar-refractivity contribution in [3.63, 3.8) is 0 Å². The molecule has 7 nitrogen and oxygen atoms in total. The van der Waals surface area contributed by atoms with Crippen molar-refractivity contribution in [1.82, 2.24) is 19.9 Å². The summed E-state index contributed by atoms with van der Waals surface area (Å²) in [5.74, 6) is 1.30. The summed E-state index contributed by atoms with van der Waals surface area (Å²) in [5, 5.41) is 8.24. The highest BCUT2D eigenvalue weighted by Crippen LogP contribution is 2.18. The lowest BCUT2D eigenvalue weighted by Crippen LogP contribution is -2.29. The molecule has 0 spiro atoms. The number of aryl methyl sites for hydroxylation is 1. The number of amides is 1. The van der Waals surface area contributed by atoms with Gasteiger partial charge < -0.3 is 13.7 Å². The maximum absolute atomic E-state index is 13.1. The number of rotatable bonds is 6. The molecule has 0 N–H and O–H groups in total. The van der Waals surface area contributed by atoms with E-state index in [4.69, 9.17) is 8.83 Å². The molecule has 0 saturated heterocycles. The highest BCUT2D eigenvalue weighted by molar-refractivity contribution is 5.97. The van der Waals surface area contributed by atoms with Crippen LogP contribution in [0.15, 0.2) is 63.8 Å². The SMILES string of the molecule is CCn1nnc2cc(C(=O)N(Cc3ccco3)Cc3ccco3)ccc21. The Balaban J connectivity index is 1.64. The zero-order valence-electron chi connectivity index (χ0n) is 14.3. The monoisotopic (exact) mass is 350 g/mol. The van der Waals surface area contributed by atoms with E-state index in [9.17, 15) is 4.79 Å². The van der Waals surface area contributed by atoms with E-state index < -0.39 is 0 Å². The molecule has 0 aliphatic rings. The van der Waals surface area contributed by atoms with Crippen molar-refractivity contribution < 1.29 is 13.6 Å². The van der Waals surface area contributed by atoms with Crippen molar-refractivity contribution in [3.05, 3.63) is 72.1 Å². The molecule has 0 fully saturated rings. The Bertz CT molecular complexity index is 967. The summed E-state index contributed by atoms with van der Waals surface area (Å²) in [6.07, 6.45) is 3.19. The molecule has 3 heterocycles. The van der Waals surface area contributed by atoms with E-state index in [1.165, 1.54) is 0 Å². The summed E-state index contributed by atoms with van der Waals surface area (Å²) in [6, 6.07) is 12.8. The summed E-state index contributed by atoms with van der Waals surface area (Å²) in [6.45, 7) is 3.44. The molecule has 132 valence electrons. The number of carbonyl (C=O) groups is 1. The fourth-order valence-electron chi connectivity index (χ4n) is 2.90. The number of aromatic nitrogens is 3. The molecular weight excluding hydrogens is 332 g/mol. The molecule has 0 saturated carbocycles. The molecule has 0 aliphatic heterocycles. The number of nitrogens with zero attached hydrogens (tertiary/aromatic N) is 4. The van der Waals surface area contributed by atoms with Crippen LogP contribution in [-0.4, -0.2) is 25.8 Å². The maximum atomic E-state index is 13.1. The van der Waals surface area contributed by atoms with Crippen LogP contribution in [0.2, 0.25) is 0 Å². The second kappa shape index (κ2) is 6.87. The molecule has 0 bridgehead atoms. The predicted molar refractivity (Wildman–Crippen MR) is 94.2 cm³/mol. The minimum atomic E-state index is -0.120. The van der Waals surface area contributed by atoms with Crippen molar-refractivity contribution in [1.29, 1.82) is 0 Å². The average Bonchev–Trinajstić information content (AvgIpc) is 3.41. The third kappa shape index (κ3) is 3.11. The van der Waals surface area contributed by atoms with Gasteiger partial charge in [0, 0.05) is 12.1 Å². The Morgan fingerprint density at radius 3 is 2.35 bits per heavy atom. The Morgan fingerprint density at radius 2 is 1.77 bits per heavy atom. The first-order chi connectivity index (χ1) is 12.7. The molecule has 3 aromatic heterocycles. The molecule has 0 unspecified atom stereocenters. The summed E-state index contributed by atoms with van der Waals surface area (Å²) >= 11 is 0. The Labute approximate surface area is 149 Å². The van der Waals surface area contributed by atoms with Gasteiger partial charge in [-0.25, -0.2) is 4.68 Å². The van der Waals surface area contributed by atoms with Crippen LogP contribution in [0.3, 0.4) is 0 Å². The first-order valence-electron chi connectivity index (χ1n) is 8.42. The fourth-order valence-corrected chi connectivity index (χ4v) is 2.90. The molecular formula is C19H18N4O3. The highest BCUT2D eigenvalue weighted by atomic mass is 16.3. The van der Waals surface area contributed by atoms with Gasteiger partial charge in [-0.3, -0.25) is 4.79 Å². The normalized spacial score (nSPS) is 11.1. The Morgan fingerprint density at radius 1 is 1.08 bits per heavy atom. The fraction of sp³-hybridized carbons (Fsp3) is 0.211. The van der Waals surface area contributed by atoms with Gasteiger partial charge in [0.25, 0.3) is 5.91 Å². The molecule has 4 rings (SSSR count). The maximum Gasteiger partial charge on any atom is 0.254 e. The largest absolute Gasteiger partial charge is 0.467 e. The van der Waals surface area contributed by atoms with Crippen molar-refractivity contribution in [3.8, 4) is 0 Å². The third-order valence-corrected chi connectivity index (χ3v) is 4.20. The van der Waals surface area contributed by atoms with E-state index in [1.807, 2.05) is 25.1 Å². The highest BCUT2D eigenvalue weighted by Gasteiger charge is 2.20. The first kappa shape index (κ1) is 16.1. The zero-order chi connectivity index (χ0) is 17.9. The van der Waals surface area contributed by atoms with E-state index in [0.717, 1.165) is 12.1 Å². The van der Waals surface area contributed by atoms with E-state index >= 15 is 0 Å². The van der Waals surface area contributed by atoms with Crippen molar-refractivity contribution in [2.75, 3.05) is 0 Å². The number of benzene rings is 1. The third-order valence-electron chi connectivity index (χ3n) is 4.20. The minimum absolute atomic E-state index is 0.120. The molecule has 1 amide bonds. The second-order valence-electron chi connectivity index (χ2n) is 5.93. The molecule has 4 aromatic rings. The van der Waals surface area contributed by atoms with E-state index in [0.29, 0.717) is 35.7 Å². The topological polar surface area (TPSA) is 77.3 Å². The molecule has 0 atom stereocenters. The minimum Gasteiger partial charge on any atom is -0.467 e.